The summed E-state index contributed by atoms with van der Waals surface area (Å²) in [6, 6.07) is 2.71. The van der Waals surface area contributed by atoms with E-state index in [4.69, 9.17) is 6.42 Å². The summed E-state index contributed by atoms with van der Waals surface area (Å²) in [6.07, 6.45) is 6.67. The fraction of sp³-hybridized carbons (Fsp3) is 0.333. The smallest absolute Gasteiger partial charge is 0.133 e. The molecule has 0 atom stereocenters. The lowest BCUT2D eigenvalue weighted by Crippen LogP contribution is -2.10. The van der Waals surface area contributed by atoms with Gasteiger partial charge in [0.05, 0.1) is 5.41 Å². The van der Waals surface area contributed by atoms with E-state index in [2.05, 4.69) is 5.92 Å². The van der Waals surface area contributed by atoms with Crippen molar-refractivity contribution in [3.63, 3.8) is 0 Å². The lowest BCUT2D eigenvalue weighted by atomic mass is 9.94. The van der Waals surface area contributed by atoms with Crippen molar-refractivity contribution in [2.24, 2.45) is 0 Å². The maximum Gasteiger partial charge on any atom is 0.133 e. The van der Waals surface area contributed by atoms with Crippen molar-refractivity contribution in [2.75, 3.05) is 0 Å². The van der Waals surface area contributed by atoms with E-state index in [1.807, 2.05) is 0 Å². The van der Waals surface area contributed by atoms with Gasteiger partial charge < -0.3 is 0 Å². The molecule has 0 aromatic heterocycles. The highest BCUT2D eigenvalue weighted by Gasteiger charge is 2.46. The lowest BCUT2D eigenvalue weighted by molar-refractivity contribution is 0.538. The second-order valence-electron chi connectivity index (χ2n) is 3.78. The van der Waals surface area contributed by atoms with Gasteiger partial charge in [-0.2, -0.15) is 0 Å². The van der Waals surface area contributed by atoms with E-state index >= 15 is 0 Å². The normalized spacial score (nSPS) is 17.6. The molecule has 0 unspecified atom stereocenters. The zero-order chi connectivity index (χ0) is 10.3. The largest absolute Gasteiger partial charge is 0.207 e. The molecule has 2 rings (SSSR count). The van der Waals surface area contributed by atoms with Crippen molar-refractivity contribution in [2.45, 2.75) is 25.2 Å². The highest BCUT2D eigenvalue weighted by molar-refractivity contribution is 5.44. The molecule has 1 aliphatic carbocycles. The first-order valence-electron chi connectivity index (χ1n) is 4.53. The van der Waals surface area contributed by atoms with Crippen LogP contribution in [0.3, 0.4) is 0 Å². The minimum atomic E-state index is -0.666. The van der Waals surface area contributed by atoms with Gasteiger partial charge in [0.25, 0.3) is 0 Å². The van der Waals surface area contributed by atoms with Gasteiger partial charge in [-0.05, 0) is 31.4 Å². The van der Waals surface area contributed by atoms with Crippen LogP contribution in [0.5, 0.6) is 0 Å². The van der Waals surface area contributed by atoms with Gasteiger partial charge in [0.15, 0.2) is 0 Å². The SMILES string of the molecule is C#CC1(c2c(F)ccc(C)c2F)CC1. The summed E-state index contributed by atoms with van der Waals surface area (Å²) in [7, 11) is 0. The predicted octanol–water partition coefficient (Wildman–Crippen LogP) is 2.94. The van der Waals surface area contributed by atoms with Crippen LogP contribution in [-0.4, -0.2) is 0 Å². The summed E-state index contributed by atoms with van der Waals surface area (Å²) in [4.78, 5) is 0. The van der Waals surface area contributed by atoms with Crippen molar-refractivity contribution in [1.82, 2.24) is 0 Å². The molecular formula is C12H10F2. The first-order chi connectivity index (χ1) is 6.60. The fourth-order valence-electron chi connectivity index (χ4n) is 1.69. The molecule has 1 aromatic rings. The minimum absolute atomic E-state index is 0.0833. The van der Waals surface area contributed by atoms with E-state index < -0.39 is 17.0 Å². The molecule has 0 bridgehead atoms. The molecule has 0 spiro atoms. The molecule has 1 aliphatic rings. The molecule has 0 N–H and O–H groups in total. The van der Waals surface area contributed by atoms with Crippen LogP contribution in [-0.2, 0) is 5.41 Å². The topological polar surface area (TPSA) is 0 Å². The molecule has 1 saturated carbocycles. The average molecular weight is 192 g/mol. The molecule has 0 heterocycles. The summed E-state index contributed by atoms with van der Waals surface area (Å²) in [5.41, 5.74) is -0.136. The third kappa shape index (κ3) is 1.13. The van der Waals surface area contributed by atoms with Crippen molar-refractivity contribution in [3.05, 3.63) is 34.9 Å². The molecule has 0 saturated heterocycles. The van der Waals surface area contributed by atoms with Gasteiger partial charge in [-0.15, -0.1) is 6.42 Å². The highest BCUT2D eigenvalue weighted by atomic mass is 19.1. The first kappa shape index (κ1) is 9.21. The van der Waals surface area contributed by atoms with E-state index in [0.29, 0.717) is 18.4 Å². The van der Waals surface area contributed by atoms with Crippen LogP contribution < -0.4 is 0 Å². The Morgan fingerprint density at radius 3 is 2.50 bits per heavy atom. The van der Waals surface area contributed by atoms with Gasteiger partial charge in [0, 0.05) is 5.56 Å². The highest BCUT2D eigenvalue weighted by Crippen LogP contribution is 2.49. The van der Waals surface area contributed by atoms with Crippen LogP contribution in [0.2, 0.25) is 0 Å². The van der Waals surface area contributed by atoms with Gasteiger partial charge in [0.1, 0.15) is 11.6 Å². The van der Waals surface area contributed by atoms with Crippen LogP contribution >= 0.6 is 0 Å². The monoisotopic (exact) mass is 192 g/mol. The molecule has 1 fully saturated rings. The third-order valence-corrected chi connectivity index (χ3v) is 2.79. The Labute approximate surface area is 81.9 Å². The van der Waals surface area contributed by atoms with Crippen molar-refractivity contribution >= 4 is 0 Å². The molecule has 1 aromatic carbocycles. The quantitative estimate of drug-likeness (QED) is 0.600. The Morgan fingerprint density at radius 2 is 2.00 bits per heavy atom. The van der Waals surface area contributed by atoms with E-state index in [0.717, 1.165) is 0 Å². The second-order valence-corrected chi connectivity index (χ2v) is 3.78. The summed E-state index contributed by atoms with van der Waals surface area (Å²) in [5.74, 6) is 1.49. The molecule has 72 valence electrons. The number of hydrogen-bond donors (Lipinski definition) is 0. The predicted molar refractivity (Wildman–Crippen MR) is 50.8 cm³/mol. The van der Waals surface area contributed by atoms with Crippen LogP contribution in [0.1, 0.15) is 24.0 Å². The average Bonchev–Trinajstić information content (AvgIpc) is 2.93. The molecule has 0 radical (unpaired) electrons. The number of terminal acetylenes is 1. The van der Waals surface area contributed by atoms with Gasteiger partial charge in [-0.3, -0.25) is 0 Å². The molecule has 0 aliphatic heterocycles. The minimum Gasteiger partial charge on any atom is -0.207 e. The van der Waals surface area contributed by atoms with E-state index in [1.165, 1.54) is 12.1 Å². The summed E-state index contributed by atoms with van der Waals surface area (Å²) in [5, 5.41) is 0. The zero-order valence-electron chi connectivity index (χ0n) is 7.90. The van der Waals surface area contributed by atoms with Crippen molar-refractivity contribution < 1.29 is 8.78 Å². The van der Waals surface area contributed by atoms with Gasteiger partial charge in [-0.1, -0.05) is 12.0 Å². The van der Waals surface area contributed by atoms with Crippen LogP contribution in [0.4, 0.5) is 8.78 Å². The van der Waals surface area contributed by atoms with E-state index in [-0.39, 0.29) is 5.56 Å². The number of hydrogen-bond acceptors (Lipinski definition) is 0. The molecule has 14 heavy (non-hydrogen) atoms. The van der Waals surface area contributed by atoms with Crippen LogP contribution in [0.15, 0.2) is 12.1 Å². The number of aryl methyl sites for hydroxylation is 1. The Bertz CT molecular complexity index is 423. The number of rotatable bonds is 1. The molecule has 0 amide bonds. The van der Waals surface area contributed by atoms with Crippen LogP contribution in [0, 0.1) is 30.9 Å². The van der Waals surface area contributed by atoms with Crippen molar-refractivity contribution in [3.8, 4) is 12.3 Å². The second kappa shape index (κ2) is 2.81. The lowest BCUT2D eigenvalue weighted by Gasteiger charge is -2.12. The fourth-order valence-corrected chi connectivity index (χ4v) is 1.69. The number of benzene rings is 1. The van der Waals surface area contributed by atoms with Gasteiger partial charge >= 0.3 is 0 Å². The molecule has 2 heteroatoms. The molecular weight excluding hydrogens is 182 g/mol. The standard InChI is InChI=1S/C12H10F2/c1-3-12(6-7-12)10-9(13)5-4-8(2)11(10)14/h1,4-5H,6-7H2,2H3. The Morgan fingerprint density at radius 1 is 1.36 bits per heavy atom. The molecule has 0 nitrogen and oxygen atoms in total. The summed E-state index contributed by atoms with van der Waals surface area (Å²) >= 11 is 0. The van der Waals surface area contributed by atoms with Crippen molar-refractivity contribution in [1.29, 1.82) is 0 Å². The van der Waals surface area contributed by atoms with E-state index in [1.54, 1.807) is 6.92 Å². The first-order valence-corrected chi connectivity index (χ1v) is 4.53. The number of halogens is 2. The Kier molecular flexibility index (Phi) is 1.85. The zero-order valence-corrected chi connectivity index (χ0v) is 7.90. The maximum atomic E-state index is 13.6. The van der Waals surface area contributed by atoms with Gasteiger partial charge in [0.2, 0.25) is 0 Å². The summed E-state index contributed by atoms with van der Waals surface area (Å²) in [6.45, 7) is 1.62. The third-order valence-electron chi connectivity index (χ3n) is 2.79. The maximum absolute atomic E-state index is 13.6. The van der Waals surface area contributed by atoms with E-state index in [9.17, 15) is 8.78 Å². The Hall–Kier alpha value is -1.36. The summed E-state index contributed by atoms with van der Waals surface area (Å²) < 4.78 is 27.1. The van der Waals surface area contributed by atoms with Crippen LogP contribution in [0.25, 0.3) is 0 Å². The Balaban J connectivity index is 2.64. The van der Waals surface area contributed by atoms with Gasteiger partial charge in [-0.25, -0.2) is 8.78 Å².